The fourth-order valence-electron chi connectivity index (χ4n) is 1.63. The molecule has 1 aromatic heterocycles. The minimum atomic E-state index is 0.659. The van der Waals surface area contributed by atoms with E-state index in [4.69, 9.17) is 4.74 Å². The molecule has 1 aromatic carbocycles. The van der Waals surface area contributed by atoms with Gasteiger partial charge in [0.2, 0.25) is 5.13 Å². The Kier molecular flexibility index (Phi) is 5.30. The van der Waals surface area contributed by atoms with Crippen molar-refractivity contribution in [3.8, 4) is 0 Å². The van der Waals surface area contributed by atoms with Gasteiger partial charge >= 0.3 is 0 Å². The van der Waals surface area contributed by atoms with Crippen molar-refractivity contribution in [1.29, 1.82) is 0 Å². The van der Waals surface area contributed by atoms with Crippen molar-refractivity contribution in [3.63, 3.8) is 0 Å². The summed E-state index contributed by atoms with van der Waals surface area (Å²) in [5.74, 6) is 0.851. The van der Waals surface area contributed by atoms with Gasteiger partial charge in [0, 0.05) is 43.1 Å². The summed E-state index contributed by atoms with van der Waals surface area (Å²) >= 11 is 4.87. The van der Waals surface area contributed by atoms with Crippen molar-refractivity contribution in [2.24, 2.45) is 0 Å². The number of anilines is 1. The molecule has 2 aromatic rings. The lowest BCUT2D eigenvalue weighted by molar-refractivity contribution is 0.201. The van der Waals surface area contributed by atoms with E-state index in [1.807, 2.05) is 19.2 Å². The quantitative estimate of drug-likeness (QED) is 0.809. The van der Waals surface area contributed by atoms with Crippen LogP contribution in [0.1, 0.15) is 11.4 Å². The second-order valence-electron chi connectivity index (χ2n) is 4.22. The Hall–Kier alpha value is -0.980. The standard InChI is InChI=1S/C13H16BrN3OS/c1-17(9-10-3-5-11(14)6-4-10)13-15-12(16-19-13)7-8-18-2/h3-6H,7-9H2,1-2H3. The number of ether oxygens (including phenoxy) is 1. The van der Waals surface area contributed by atoms with Gasteiger partial charge in [-0.2, -0.15) is 4.37 Å². The van der Waals surface area contributed by atoms with Crippen LogP contribution in [0, 0.1) is 0 Å². The molecule has 6 heteroatoms. The van der Waals surface area contributed by atoms with Gasteiger partial charge in [0.05, 0.1) is 6.61 Å². The fourth-order valence-corrected chi connectivity index (χ4v) is 2.56. The maximum absolute atomic E-state index is 5.03. The molecule has 0 saturated heterocycles. The van der Waals surface area contributed by atoms with Gasteiger partial charge in [0.25, 0.3) is 0 Å². The molecular weight excluding hydrogens is 326 g/mol. The van der Waals surface area contributed by atoms with Gasteiger partial charge in [0.15, 0.2) is 0 Å². The molecule has 0 bridgehead atoms. The Morgan fingerprint density at radius 2 is 2.05 bits per heavy atom. The first-order valence-corrected chi connectivity index (χ1v) is 7.53. The third-order valence-electron chi connectivity index (χ3n) is 2.65. The third-order valence-corrected chi connectivity index (χ3v) is 4.04. The summed E-state index contributed by atoms with van der Waals surface area (Å²) in [6.45, 7) is 1.48. The molecule has 0 amide bonds. The van der Waals surface area contributed by atoms with E-state index in [-0.39, 0.29) is 0 Å². The second kappa shape index (κ2) is 6.98. The SMILES string of the molecule is COCCc1nsc(N(C)Cc2ccc(Br)cc2)n1. The third kappa shape index (κ3) is 4.26. The fraction of sp³-hybridized carbons (Fsp3) is 0.385. The predicted octanol–water partition coefficient (Wildman–Crippen LogP) is 3.13. The Bertz CT molecular complexity index is 515. The molecule has 0 radical (unpaired) electrons. The predicted molar refractivity (Wildman–Crippen MR) is 81.7 cm³/mol. The number of hydrogen-bond donors (Lipinski definition) is 0. The van der Waals surface area contributed by atoms with Crippen molar-refractivity contribution >= 4 is 32.6 Å². The molecule has 0 atom stereocenters. The molecular formula is C13H16BrN3OS. The van der Waals surface area contributed by atoms with Crippen LogP contribution in [0.3, 0.4) is 0 Å². The number of nitrogens with zero attached hydrogens (tertiary/aromatic N) is 3. The average molecular weight is 342 g/mol. The van der Waals surface area contributed by atoms with Crippen molar-refractivity contribution < 1.29 is 4.74 Å². The van der Waals surface area contributed by atoms with Crippen molar-refractivity contribution in [3.05, 3.63) is 40.1 Å². The first-order valence-electron chi connectivity index (χ1n) is 5.96. The van der Waals surface area contributed by atoms with Crippen molar-refractivity contribution in [2.75, 3.05) is 25.7 Å². The summed E-state index contributed by atoms with van der Waals surface area (Å²) < 4.78 is 10.5. The molecule has 19 heavy (non-hydrogen) atoms. The van der Waals surface area contributed by atoms with E-state index in [1.54, 1.807) is 7.11 Å². The van der Waals surface area contributed by atoms with Gasteiger partial charge in [-0.25, -0.2) is 4.98 Å². The van der Waals surface area contributed by atoms with E-state index in [9.17, 15) is 0 Å². The number of halogens is 1. The number of hydrogen-bond acceptors (Lipinski definition) is 5. The molecule has 0 unspecified atom stereocenters. The van der Waals surface area contributed by atoms with Crippen LogP contribution in [-0.2, 0) is 17.7 Å². The molecule has 0 N–H and O–H groups in total. The van der Waals surface area contributed by atoms with E-state index in [1.165, 1.54) is 17.1 Å². The molecule has 1 heterocycles. The van der Waals surface area contributed by atoms with Gasteiger partial charge in [-0.05, 0) is 17.7 Å². The summed E-state index contributed by atoms with van der Waals surface area (Å²) in [4.78, 5) is 6.61. The number of methoxy groups -OCH3 is 1. The Morgan fingerprint density at radius 3 is 2.74 bits per heavy atom. The molecule has 0 saturated carbocycles. The van der Waals surface area contributed by atoms with Gasteiger partial charge in [-0.15, -0.1) is 0 Å². The summed E-state index contributed by atoms with van der Waals surface area (Å²) in [6.07, 6.45) is 0.763. The number of benzene rings is 1. The maximum Gasteiger partial charge on any atom is 0.205 e. The van der Waals surface area contributed by atoms with Crippen molar-refractivity contribution in [2.45, 2.75) is 13.0 Å². The van der Waals surface area contributed by atoms with Crippen LogP contribution in [-0.4, -0.2) is 30.1 Å². The van der Waals surface area contributed by atoms with Crippen LogP contribution in [0.25, 0.3) is 0 Å². The van der Waals surface area contributed by atoms with Gasteiger partial charge < -0.3 is 9.64 Å². The lowest BCUT2D eigenvalue weighted by Gasteiger charge is -2.15. The van der Waals surface area contributed by atoms with E-state index >= 15 is 0 Å². The lowest BCUT2D eigenvalue weighted by Crippen LogP contribution is -2.16. The Labute approximate surface area is 125 Å². The highest BCUT2D eigenvalue weighted by molar-refractivity contribution is 9.10. The van der Waals surface area contributed by atoms with E-state index in [2.05, 4.69) is 42.3 Å². The molecule has 4 nitrogen and oxygen atoms in total. The highest BCUT2D eigenvalue weighted by Gasteiger charge is 2.09. The minimum Gasteiger partial charge on any atom is -0.384 e. The van der Waals surface area contributed by atoms with Crippen molar-refractivity contribution in [1.82, 2.24) is 9.36 Å². The van der Waals surface area contributed by atoms with Crippen LogP contribution in [0.2, 0.25) is 0 Å². The zero-order valence-corrected chi connectivity index (χ0v) is 13.4. The summed E-state index contributed by atoms with van der Waals surface area (Å²) in [5, 5.41) is 0.939. The lowest BCUT2D eigenvalue weighted by atomic mass is 10.2. The largest absolute Gasteiger partial charge is 0.384 e. The molecule has 0 fully saturated rings. The summed E-state index contributed by atoms with van der Waals surface area (Å²) in [7, 11) is 3.72. The Balaban J connectivity index is 1.97. The highest BCUT2D eigenvalue weighted by atomic mass is 79.9. The van der Waals surface area contributed by atoms with E-state index in [0.717, 1.165) is 28.4 Å². The molecule has 0 aliphatic heterocycles. The maximum atomic E-state index is 5.03. The number of rotatable bonds is 6. The van der Waals surface area contributed by atoms with Crippen LogP contribution < -0.4 is 4.90 Å². The zero-order valence-electron chi connectivity index (χ0n) is 11.0. The van der Waals surface area contributed by atoms with E-state index < -0.39 is 0 Å². The Morgan fingerprint density at radius 1 is 1.32 bits per heavy atom. The van der Waals surface area contributed by atoms with Crippen LogP contribution in [0.5, 0.6) is 0 Å². The first-order chi connectivity index (χ1) is 9.19. The van der Waals surface area contributed by atoms with Gasteiger partial charge in [-0.1, -0.05) is 28.1 Å². The van der Waals surface area contributed by atoms with Gasteiger partial charge in [-0.3, -0.25) is 0 Å². The monoisotopic (exact) mass is 341 g/mol. The molecule has 0 aliphatic carbocycles. The second-order valence-corrected chi connectivity index (χ2v) is 5.86. The topological polar surface area (TPSA) is 38.2 Å². The minimum absolute atomic E-state index is 0.659. The van der Waals surface area contributed by atoms with E-state index in [0.29, 0.717) is 6.61 Å². The summed E-state index contributed by atoms with van der Waals surface area (Å²) in [6, 6.07) is 8.31. The summed E-state index contributed by atoms with van der Waals surface area (Å²) in [5.41, 5.74) is 1.25. The number of aromatic nitrogens is 2. The van der Waals surface area contributed by atoms with Crippen LogP contribution >= 0.6 is 27.5 Å². The zero-order chi connectivity index (χ0) is 13.7. The van der Waals surface area contributed by atoms with Gasteiger partial charge in [0.1, 0.15) is 5.82 Å². The molecule has 102 valence electrons. The first kappa shape index (κ1) is 14.4. The van der Waals surface area contributed by atoms with Crippen LogP contribution in [0.4, 0.5) is 5.13 Å². The molecule has 0 aliphatic rings. The highest BCUT2D eigenvalue weighted by Crippen LogP contribution is 2.19. The average Bonchev–Trinajstić information content (AvgIpc) is 2.88. The smallest absolute Gasteiger partial charge is 0.205 e. The molecule has 2 rings (SSSR count). The molecule has 0 spiro atoms. The normalized spacial score (nSPS) is 10.7. The van der Waals surface area contributed by atoms with Crippen LogP contribution in [0.15, 0.2) is 28.7 Å².